The first-order chi connectivity index (χ1) is 12.7. The summed E-state index contributed by atoms with van der Waals surface area (Å²) in [5.41, 5.74) is 2.79. The lowest BCUT2D eigenvalue weighted by atomic mass is 10.2. The quantitative estimate of drug-likeness (QED) is 0.573. The van der Waals surface area contributed by atoms with Crippen LogP contribution in [0.15, 0.2) is 42.9 Å². The topological polar surface area (TPSA) is 88.9 Å². The molecule has 136 valence electrons. The van der Waals surface area contributed by atoms with Gasteiger partial charge in [0.05, 0.1) is 13.3 Å². The molecule has 26 heavy (non-hydrogen) atoms. The molecule has 0 unspecified atom stereocenters. The number of rotatable bonds is 8. The Morgan fingerprint density at radius 2 is 2.12 bits per heavy atom. The molecular weight excluding hydrogens is 330 g/mol. The van der Waals surface area contributed by atoms with E-state index in [4.69, 9.17) is 4.74 Å². The predicted octanol–water partition coefficient (Wildman–Crippen LogP) is 2.57. The zero-order valence-electron chi connectivity index (χ0n) is 15.2. The van der Waals surface area contributed by atoms with Gasteiger partial charge in [-0.3, -0.25) is 0 Å². The third-order valence-electron chi connectivity index (χ3n) is 3.81. The molecule has 0 atom stereocenters. The molecule has 0 aliphatic heterocycles. The van der Waals surface area contributed by atoms with Crippen LogP contribution >= 0.6 is 0 Å². The summed E-state index contributed by atoms with van der Waals surface area (Å²) in [6.07, 6.45) is 5.54. The zero-order chi connectivity index (χ0) is 18.4. The number of aromatic nitrogens is 4. The van der Waals surface area contributed by atoms with Crippen LogP contribution in [0.1, 0.15) is 12.5 Å². The number of nitrogens with one attached hydrogen (secondary N) is 3. The summed E-state index contributed by atoms with van der Waals surface area (Å²) < 4.78 is 7.29. The monoisotopic (exact) mass is 353 g/mol. The fraction of sp³-hybridized carbons (Fsp3) is 0.278. The van der Waals surface area contributed by atoms with Crippen LogP contribution in [0, 0.1) is 0 Å². The smallest absolute Gasteiger partial charge is 0.229 e. The van der Waals surface area contributed by atoms with E-state index in [9.17, 15) is 0 Å². The van der Waals surface area contributed by atoms with Crippen molar-refractivity contribution >= 4 is 17.5 Å². The molecule has 0 aliphatic rings. The second kappa shape index (κ2) is 8.30. The second-order valence-corrected chi connectivity index (χ2v) is 5.60. The Morgan fingerprint density at radius 3 is 2.88 bits per heavy atom. The summed E-state index contributed by atoms with van der Waals surface area (Å²) in [5, 5.41) is 14.0. The Balaban J connectivity index is 1.87. The molecule has 3 N–H and O–H groups in total. The lowest BCUT2D eigenvalue weighted by Crippen LogP contribution is -2.11. The molecule has 0 bridgehead atoms. The molecule has 1 aromatic carbocycles. The lowest BCUT2D eigenvalue weighted by molar-refractivity contribution is 0.412. The average Bonchev–Trinajstić information content (AvgIpc) is 3.15. The van der Waals surface area contributed by atoms with Crippen molar-refractivity contribution in [3.63, 3.8) is 0 Å². The minimum atomic E-state index is 0.515. The Labute approximate surface area is 152 Å². The summed E-state index contributed by atoms with van der Waals surface area (Å²) in [4.78, 5) is 8.62. The molecule has 2 heterocycles. The van der Waals surface area contributed by atoms with Crippen LogP contribution in [0.3, 0.4) is 0 Å². The van der Waals surface area contributed by atoms with Crippen LogP contribution in [0.2, 0.25) is 0 Å². The van der Waals surface area contributed by atoms with Crippen LogP contribution in [0.25, 0.3) is 5.69 Å². The van der Waals surface area contributed by atoms with E-state index in [0.717, 1.165) is 41.6 Å². The van der Waals surface area contributed by atoms with Gasteiger partial charge in [0.25, 0.3) is 0 Å². The van der Waals surface area contributed by atoms with E-state index in [2.05, 4.69) is 37.9 Å². The van der Waals surface area contributed by atoms with Gasteiger partial charge in [-0.15, -0.1) is 0 Å². The maximum atomic E-state index is 5.49. The van der Waals surface area contributed by atoms with Gasteiger partial charge in [0.15, 0.2) is 0 Å². The highest BCUT2D eigenvalue weighted by Gasteiger charge is 2.10. The van der Waals surface area contributed by atoms with Crippen molar-refractivity contribution in [3.05, 3.63) is 48.4 Å². The molecule has 0 saturated heterocycles. The first-order valence-corrected chi connectivity index (χ1v) is 8.44. The van der Waals surface area contributed by atoms with Crippen molar-refractivity contribution < 1.29 is 4.74 Å². The fourth-order valence-electron chi connectivity index (χ4n) is 2.49. The first-order valence-electron chi connectivity index (χ1n) is 8.44. The van der Waals surface area contributed by atoms with E-state index in [1.807, 2.05) is 42.3 Å². The molecular formula is C18H23N7O. The number of nitrogens with zero attached hydrogens (tertiary/aromatic N) is 4. The van der Waals surface area contributed by atoms with E-state index < -0.39 is 0 Å². The number of ether oxygens (including phenoxy) is 1. The van der Waals surface area contributed by atoms with E-state index in [1.165, 1.54) is 0 Å². The van der Waals surface area contributed by atoms with Gasteiger partial charge in [-0.25, -0.2) is 9.67 Å². The SMILES string of the molecule is CCNCc1cnn(-c2cc(Nc3nccc(NC)n3)ccc2OC)c1. The Bertz CT molecular complexity index is 862. The third kappa shape index (κ3) is 4.09. The second-order valence-electron chi connectivity index (χ2n) is 5.60. The van der Waals surface area contributed by atoms with Gasteiger partial charge in [0, 0.05) is 37.2 Å². The molecule has 2 aromatic heterocycles. The number of benzene rings is 1. The Hall–Kier alpha value is -3.13. The largest absolute Gasteiger partial charge is 0.494 e. The number of methoxy groups -OCH3 is 1. The van der Waals surface area contributed by atoms with Crippen molar-refractivity contribution in [1.29, 1.82) is 0 Å². The Morgan fingerprint density at radius 1 is 1.23 bits per heavy atom. The molecule has 0 aliphatic carbocycles. The molecule has 0 radical (unpaired) electrons. The highest BCUT2D eigenvalue weighted by atomic mass is 16.5. The molecule has 8 nitrogen and oxygen atoms in total. The first kappa shape index (κ1) is 17.7. The van der Waals surface area contributed by atoms with Gasteiger partial charge >= 0.3 is 0 Å². The maximum Gasteiger partial charge on any atom is 0.229 e. The van der Waals surface area contributed by atoms with Crippen molar-refractivity contribution in [2.24, 2.45) is 0 Å². The minimum absolute atomic E-state index is 0.515. The summed E-state index contributed by atoms with van der Waals surface area (Å²) >= 11 is 0. The summed E-state index contributed by atoms with van der Waals surface area (Å²) in [5.74, 6) is 2.00. The zero-order valence-corrected chi connectivity index (χ0v) is 15.2. The standard InChI is InChI=1S/C18H23N7O/c1-4-20-10-13-11-22-25(12-13)15-9-14(5-6-16(15)26-3)23-18-21-8-7-17(19-2)24-18/h5-9,11-12,20H,4,10H2,1-3H3,(H2,19,21,23,24). The predicted molar refractivity (Wildman–Crippen MR) is 102 cm³/mol. The van der Waals surface area contributed by atoms with E-state index >= 15 is 0 Å². The van der Waals surface area contributed by atoms with Crippen LogP contribution in [0.5, 0.6) is 5.75 Å². The summed E-state index contributed by atoms with van der Waals surface area (Å²) in [7, 11) is 3.47. The minimum Gasteiger partial charge on any atom is -0.494 e. The summed E-state index contributed by atoms with van der Waals surface area (Å²) in [6, 6.07) is 7.57. The van der Waals surface area contributed by atoms with Crippen LogP contribution in [-0.2, 0) is 6.54 Å². The van der Waals surface area contributed by atoms with Crippen molar-refractivity contribution in [2.75, 3.05) is 31.3 Å². The molecule has 0 saturated carbocycles. The van der Waals surface area contributed by atoms with E-state index in [-0.39, 0.29) is 0 Å². The molecule has 3 rings (SSSR count). The highest BCUT2D eigenvalue weighted by Crippen LogP contribution is 2.27. The van der Waals surface area contributed by atoms with E-state index in [0.29, 0.717) is 5.95 Å². The molecule has 0 amide bonds. The average molecular weight is 353 g/mol. The molecule has 0 fully saturated rings. The lowest BCUT2D eigenvalue weighted by Gasteiger charge is -2.12. The number of anilines is 3. The van der Waals surface area contributed by atoms with Crippen LogP contribution in [0.4, 0.5) is 17.5 Å². The van der Waals surface area contributed by atoms with Crippen molar-refractivity contribution in [2.45, 2.75) is 13.5 Å². The van der Waals surface area contributed by atoms with Crippen molar-refractivity contribution in [1.82, 2.24) is 25.1 Å². The van der Waals surface area contributed by atoms with Gasteiger partial charge in [0.1, 0.15) is 17.3 Å². The highest BCUT2D eigenvalue weighted by molar-refractivity contribution is 5.62. The number of hydrogen-bond acceptors (Lipinski definition) is 7. The normalized spacial score (nSPS) is 10.6. The van der Waals surface area contributed by atoms with Gasteiger partial charge in [0.2, 0.25) is 5.95 Å². The van der Waals surface area contributed by atoms with Crippen LogP contribution < -0.4 is 20.7 Å². The van der Waals surface area contributed by atoms with Gasteiger partial charge in [-0.1, -0.05) is 6.92 Å². The maximum absolute atomic E-state index is 5.49. The van der Waals surface area contributed by atoms with Crippen molar-refractivity contribution in [3.8, 4) is 11.4 Å². The Kier molecular flexibility index (Phi) is 5.65. The molecule has 0 spiro atoms. The molecule has 3 aromatic rings. The third-order valence-corrected chi connectivity index (χ3v) is 3.81. The van der Waals surface area contributed by atoms with Gasteiger partial charge < -0.3 is 20.7 Å². The molecule has 8 heteroatoms. The number of hydrogen-bond donors (Lipinski definition) is 3. The van der Waals surface area contributed by atoms with Crippen LogP contribution in [-0.4, -0.2) is 40.5 Å². The van der Waals surface area contributed by atoms with E-state index in [1.54, 1.807) is 19.4 Å². The summed E-state index contributed by atoms with van der Waals surface area (Å²) in [6.45, 7) is 3.77. The fourth-order valence-corrected chi connectivity index (χ4v) is 2.49. The van der Waals surface area contributed by atoms with Gasteiger partial charge in [-0.2, -0.15) is 10.1 Å². The van der Waals surface area contributed by atoms with Gasteiger partial charge in [-0.05, 0) is 30.8 Å².